The predicted molar refractivity (Wildman–Crippen MR) is 72.1 cm³/mol. The van der Waals surface area contributed by atoms with Gasteiger partial charge in [-0.25, -0.2) is 0 Å². The maximum Gasteiger partial charge on any atom is 0.138 e. The second kappa shape index (κ2) is 5.97. The van der Waals surface area contributed by atoms with Crippen LogP contribution in [0, 0.1) is 19.8 Å². The second-order valence-electron chi connectivity index (χ2n) is 5.25. The van der Waals surface area contributed by atoms with Crippen LogP contribution in [0.25, 0.3) is 0 Å². The summed E-state index contributed by atoms with van der Waals surface area (Å²) in [7, 11) is 0. The first-order chi connectivity index (χ1) is 7.90. The molecule has 0 amide bonds. The molecule has 2 N–H and O–H groups in total. The van der Waals surface area contributed by atoms with Gasteiger partial charge >= 0.3 is 0 Å². The smallest absolute Gasteiger partial charge is 0.138 e. The van der Waals surface area contributed by atoms with Crippen molar-refractivity contribution in [2.75, 3.05) is 0 Å². The molecule has 1 unspecified atom stereocenters. The summed E-state index contributed by atoms with van der Waals surface area (Å²) in [6.45, 7) is 8.25. The van der Waals surface area contributed by atoms with Gasteiger partial charge in [-0.1, -0.05) is 32.0 Å². The topological polar surface area (TPSA) is 43.1 Å². The molecular weight excluding hydrogens is 210 g/mol. The van der Waals surface area contributed by atoms with E-state index >= 15 is 0 Å². The van der Waals surface area contributed by atoms with Crippen molar-refractivity contribution in [1.29, 1.82) is 0 Å². The molecule has 0 spiro atoms. The maximum absolute atomic E-state index is 11.8. The molecule has 17 heavy (non-hydrogen) atoms. The Bertz CT molecular complexity index is 396. The van der Waals surface area contributed by atoms with E-state index in [1.165, 1.54) is 11.1 Å². The van der Waals surface area contributed by atoms with E-state index in [0.717, 1.165) is 5.56 Å². The number of nitrogens with two attached hydrogens (primary N) is 1. The van der Waals surface area contributed by atoms with Crippen molar-refractivity contribution in [3.05, 3.63) is 34.9 Å². The zero-order chi connectivity index (χ0) is 13.0. The van der Waals surface area contributed by atoms with E-state index in [1.54, 1.807) is 0 Å². The Hall–Kier alpha value is -1.15. The number of carbonyl (C=O) groups excluding carboxylic acids is 1. The summed E-state index contributed by atoms with van der Waals surface area (Å²) in [5.41, 5.74) is 9.50. The van der Waals surface area contributed by atoms with Crippen molar-refractivity contribution in [2.45, 2.75) is 46.6 Å². The fourth-order valence-electron chi connectivity index (χ4n) is 1.71. The van der Waals surface area contributed by atoms with E-state index < -0.39 is 0 Å². The van der Waals surface area contributed by atoms with Gasteiger partial charge < -0.3 is 5.73 Å². The van der Waals surface area contributed by atoms with Gasteiger partial charge in [0.15, 0.2) is 0 Å². The summed E-state index contributed by atoms with van der Waals surface area (Å²) in [6.07, 6.45) is 0.978. The van der Waals surface area contributed by atoms with E-state index in [4.69, 9.17) is 5.73 Å². The summed E-state index contributed by atoms with van der Waals surface area (Å²) in [6, 6.07) is 6.17. The molecule has 1 aromatic rings. The number of Topliss-reactive ketones (excluding diaryl/α,β-unsaturated/α-hetero) is 1. The molecule has 1 rings (SSSR count). The van der Waals surface area contributed by atoms with E-state index in [9.17, 15) is 4.79 Å². The van der Waals surface area contributed by atoms with Crippen LogP contribution in [0.15, 0.2) is 18.2 Å². The van der Waals surface area contributed by atoms with Crippen LogP contribution >= 0.6 is 0 Å². The minimum Gasteiger partial charge on any atom is -0.327 e. The van der Waals surface area contributed by atoms with Crippen LogP contribution in [0.5, 0.6) is 0 Å². The predicted octanol–water partition coefficient (Wildman–Crippen LogP) is 2.79. The lowest BCUT2D eigenvalue weighted by Gasteiger charge is -2.14. The molecule has 0 bridgehead atoms. The van der Waals surface area contributed by atoms with Gasteiger partial charge in [0.2, 0.25) is 0 Å². The van der Waals surface area contributed by atoms with Gasteiger partial charge in [-0.05, 0) is 36.5 Å². The van der Waals surface area contributed by atoms with Crippen molar-refractivity contribution >= 4 is 5.78 Å². The summed E-state index contributed by atoms with van der Waals surface area (Å²) in [4.78, 5) is 11.8. The van der Waals surface area contributed by atoms with Crippen LogP contribution in [0.4, 0.5) is 0 Å². The van der Waals surface area contributed by atoms with Gasteiger partial charge in [0.05, 0.1) is 0 Å². The highest BCUT2D eigenvalue weighted by molar-refractivity contribution is 5.81. The molecule has 2 heteroatoms. The fourth-order valence-corrected chi connectivity index (χ4v) is 1.71. The van der Waals surface area contributed by atoms with Gasteiger partial charge in [-0.15, -0.1) is 0 Å². The molecule has 0 fully saturated rings. The quantitative estimate of drug-likeness (QED) is 0.849. The first kappa shape index (κ1) is 13.9. The van der Waals surface area contributed by atoms with Crippen LogP contribution in [-0.4, -0.2) is 11.8 Å². The molecule has 1 aromatic carbocycles. The van der Waals surface area contributed by atoms with Crippen LogP contribution in [0.1, 0.15) is 37.0 Å². The molecule has 1 atom stereocenters. The number of carbonyl (C=O) groups is 1. The molecule has 0 saturated carbocycles. The van der Waals surface area contributed by atoms with Gasteiger partial charge in [-0.3, -0.25) is 4.79 Å². The number of hydrogen-bond acceptors (Lipinski definition) is 2. The van der Waals surface area contributed by atoms with Gasteiger partial charge in [0, 0.05) is 18.9 Å². The number of ketones is 1. The van der Waals surface area contributed by atoms with Crippen LogP contribution in [0.2, 0.25) is 0 Å². The summed E-state index contributed by atoms with van der Waals surface area (Å²) in [5, 5.41) is 0. The van der Waals surface area contributed by atoms with Crippen LogP contribution in [0.3, 0.4) is 0 Å². The Morgan fingerprint density at radius 2 is 1.88 bits per heavy atom. The molecule has 2 nitrogen and oxygen atoms in total. The van der Waals surface area contributed by atoms with Crippen molar-refractivity contribution in [3.8, 4) is 0 Å². The second-order valence-corrected chi connectivity index (χ2v) is 5.25. The molecule has 0 aliphatic heterocycles. The van der Waals surface area contributed by atoms with Gasteiger partial charge in [0.25, 0.3) is 0 Å². The van der Waals surface area contributed by atoms with E-state index in [-0.39, 0.29) is 11.8 Å². The van der Waals surface area contributed by atoms with Crippen molar-refractivity contribution in [1.82, 2.24) is 0 Å². The maximum atomic E-state index is 11.8. The molecule has 0 saturated heterocycles. The standard InChI is InChI=1S/C15H23NO/c1-10(2)15(16)9-14(17)8-13-6-5-11(3)12(4)7-13/h5-7,10,15H,8-9,16H2,1-4H3. The lowest BCUT2D eigenvalue weighted by Crippen LogP contribution is -2.29. The molecular formula is C15H23NO. The molecule has 0 radical (unpaired) electrons. The van der Waals surface area contributed by atoms with Crippen molar-refractivity contribution in [2.24, 2.45) is 11.7 Å². The highest BCUT2D eigenvalue weighted by Gasteiger charge is 2.13. The molecule has 0 aromatic heterocycles. The first-order valence-corrected chi connectivity index (χ1v) is 6.23. The van der Waals surface area contributed by atoms with Crippen LogP contribution in [-0.2, 0) is 11.2 Å². The van der Waals surface area contributed by atoms with Crippen LogP contribution < -0.4 is 5.73 Å². The number of rotatable bonds is 5. The average molecular weight is 233 g/mol. The molecule has 94 valence electrons. The Labute approximate surface area is 104 Å². The lowest BCUT2D eigenvalue weighted by atomic mass is 9.96. The SMILES string of the molecule is Cc1ccc(CC(=O)CC(N)C(C)C)cc1C. The Morgan fingerprint density at radius 1 is 1.24 bits per heavy atom. The normalized spacial score (nSPS) is 12.8. The van der Waals surface area contributed by atoms with Gasteiger partial charge in [0.1, 0.15) is 5.78 Å². The molecule has 0 aliphatic rings. The highest BCUT2D eigenvalue weighted by atomic mass is 16.1. The van der Waals surface area contributed by atoms with E-state index in [0.29, 0.717) is 18.8 Å². The highest BCUT2D eigenvalue weighted by Crippen LogP contribution is 2.12. The zero-order valence-corrected chi connectivity index (χ0v) is 11.3. The number of aryl methyl sites for hydroxylation is 2. The number of benzene rings is 1. The Morgan fingerprint density at radius 3 is 2.41 bits per heavy atom. The van der Waals surface area contributed by atoms with E-state index in [2.05, 4.69) is 26.0 Å². The van der Waals surface area contributed by atoms with Crippen molar-refractivity contribution < 1.29 is 4.79 Å². The first-order valence-electron chi connectivity index (χ1n) is 6.23. The molecule has 0 heterocycles. The minimum absolute atomic E-state index is 0.0194. The number of hydrogen-bond donors (Lipinski definition) is 1. The molecule has 0 aliphatic carbocycles. The monoisotopic (exact) mass is 233 g/mol. The summed E-state index contributed by atoms with van der Waals surface area (Å²) in [5.74, 6) is 0.591. The van der Waals surface area contributed by atoms with E-state index in [1.807, 2.05) is 19.9 Å². The van der Waals surface area contributed by atoms with Crippen molar-refractivity contribution in [3.63, 3.8) is 0 Å². The summed E-state index contributed by atoms with van der Waals surface area (Å²) < 4.78 is 0. The minimum atomic E-state index is -0.0194. The van der Waals surface area contributed by atoms with Gasteiger partial charge in [-0.2, -0.15) is 0 Å². The lowest BCUT2D eigenvalue weighted by molar-refractivity contribution is -0.118. The third-order valence-corrected chi connectivity index (χ3v) is 3.29. The average Bonchev–Trinajstić information content (AvgIpc) is 2.23. The fraction of sp³-hybridized carbons (Fsp3) is 0.533. The summed E-state index contributed by atoms with van der Waals surface area (Å²) >= 11 is 0. The third kappa shape index (κ3) is 4.31. The third-order valence-electron chi connectivity index (χ3n) is 3.29. The Kier molecular flexibility index (Phi) is 4.88. The zero-order valence-electron chi connectivity index (χ0n) is 11.3. The Balaban J connectivity index is 2.59. The largest absolute Gasteiger partial charge is 0.327 e.